The van der Waals surface area contributed by atoms with Crippen LogP contribution in [0.1, 0.15) is 96.5 Å². The Balaban J connectivity index is 1.40. The van der Waals surface area contributed by atoms with Gasteiger partial charge in [0, 0.05) is 0 Å². The van der Waals surface area contributed by atoms with Gasteiger partial charge in [-0.15, -0.1) is 0 Å². The summed E-state index contributed by atoms with van der Waals surface area (Å²) in [5.41, 5.74) is 1.34. The normalized spacial score (nSPS) is 28.1. The van der Waals surface area contributed by atoms with Crippen molar-refractivity contribution in [3.8, 4) is 5.75 Å². The van der Waals surface area contributed by atoms with Crippen molar-refractivity contribution in [3.63, 3.8) is 0 Å². The molecule has 3 rings (SSSR count). The predicted octanol–water partition coefficient (Wildman–Crippen LogP) is 7.35. The molecule has 1 aromatic carbocycles. The van der Waals surface area contributed by atoms with Gasteiger partial charge in [-0.25, -0.2) is 0 Å². The summed E-state index contributed by atoms with van der Waals surface area (Å²) in [6.45, 7) is 4.56. The quantitative estimate of drug-likeness (QED) is 0.266. The van der Waals surface area contributed by atoms with E-state index in [1.54, 1.807) is 0 Å². The maximum atomic E-state index is 12.6. The highest BCUT2D eigenvalue weighted by atomic mass is 16.5. The minimum Gasteiger partial charge on any atom is -0.426 e. The predicted molar refractivity (Wildman–Crippen MR) is 116 cm³/mol. The van der Waals surface area contributed by atoms with Crippen molar-refractivity contribution >= 4 is 5.97 Å². The maximum absolute atomic E-state index is 12.6. The van der Waals surface area contributed by atoms with E-state index >= 15 is 0 Å². The second-order valence-corrected chi connectivity index (χ2v) is 9.32. The van der Waals surface area contributed by atoms with Crippen LogP contribution in [0, 0.1) is 23.7 Å². The van der Waals surface area contributed by atoms with Crippen molar-refractivity contribution in [1.29, 1.82) is 0 Å². The zero-order chi connectivity index (χ0) is 19.8. The first-order chi connectivity index (χ1) is 13.7. The first-order valence-corrected chi connectivity index (χ1v) is 12.0. The summed E-state index contributed by atoms with van der Waals surface area (Å²) in [5, 5.41) is 0. The number of benzene rings is 1. The molecule has 28 heavy (non-hydrogen) atoms. The fraction of sp³-hybridized carbons (Fsp3) is 0.731. The summed E-state index contributed by atoms with van der Waals surface area (Å²) in [7, 11) is 0. The molecule has 0 unspecified atom stereocenters. The molecule has 0 aromatic heterocycles. The lowest BCUT2D eigenvalue weighted by molar-refractivity contribution is -0.140. The zero-order valence-corrected chi connectivity index (χ0v) is 18.1. The highest BCUT2D eigenvalue weighted by Crippen LogP contribution is 2.42. The Kier molecular flexibility index (Phi) is 8.43. The molecule has 0 heterocycles. The van der Waals surface area contributed by atoms with Crippen molar-refractivity contribution < 1.29 is 9.53 Å². The highest BCUT2D eigenvalue weighted by Gasteiger charge is 2.33. The molecule has 0 N–H and O–H groups in total. The molecule has 0 atom stereocenters. The van der Waals surface area contributed by atoms with E-state index in [1.807, 2.05) is 12.1 Å². The molecule has 0 saturated heterocycles. The van der Waals surface area contributed by atoms with Gasteiger partial charge in [0.25, 0.3) is 0 Å². The van der Waals surface area contributed by atoms with Crippen LogP contribution < -0.4 is 4.74 Å². The molecule has 0 radical (unpaired) electrons. The van der Waals surface area contributed by atoms with Gasteiger partial charge in [-0.3, -0.25) is 4.79 Å². The van der Waals surface area contributed by atoms with E-state index in [1.165, 1.54) is 69.8 Å². The van der Waals surface area contributed by atoms with Gasteiger partial charge in [0.05, 0.1) is 5.92 Å². The largest absolute Gasteiger partial charge is 0.426 e. The average Bonchev–Trinajstić information content (AvgIpc) is 2.75. The molecule has 2 aliphatic rings. The Hall–Kier alpha value is -1.31. The summed E-state index contributed by atoms with van der Waals surface area (Å²) >= 11 is 0. The number of unbranched alkanes of at least 4 members (excludes halogenated alkanes) is 2. The second kappa shape index (κ2) is 11.0. The first kappa shape index (κ1) is 21.4. The lowest BCUT2D eigenvalue weighted by Crippen LogP contribution is -2.30. The van der Waals surface area contributed by atoms with Gasteiger partial charge in [0.1, 0.15) is 5.75 Å². The lowest BCUT2D eigenvalue weighted by atomic mass is 9.69. The van der Waals surface area contributed by atoms with Gasteiger partial charge in [-0.2, -0.15) is 0 Å². The SMILES string of the molecule is CCCCCc1ccc(OC(=O)C2CCC(C3CCC(CC)CC3)CC2)cc1. The number of carbonyl (C=O) groups is 1. The van der Waals surface area contributed by atoms with E-state index in [9.17, 15) is 4.79 Å². The number of rotatable bonds is 8. The van der Waals surface area contributed by atoms with Crippen molar-refractivity contribution in [1.82, 2.24) is 0 Å². The maximum Gasteiger partial charge on any atom is 0.314 e. The lowest BCUT2D eigenvalue weighted by Gasteiger charge is -2.37. The third kappa shape index (κ3) is 6.09. The van der Waals surface area contributed by atoms with Gasteiger partial charge in [-0.05, 0) is 86.8 Å². The molecular weight excluding hydrogens is 344 g/mol. The van der Waals surface area contributed by atoms with Crippen molar-refractivity contribution in [2.24, 2.45) is 23.7 Å². The smallest absolute Gasteiger partial charge is 0.314 e. The van der Waals surface area contributed by atoms with E-state index in [0.29, 0.717) is 5.75 Å². The van der Waals surface area contributed by atoms with Gasteiger partial charge in [0.2, 0.25) is 0 Å². The zero-order valence-electron chi connectivity index (χ0n) is 18.1. The van der Waals surface area contributed by atoms with Gasteiger partial charge in [0.15, 0.2) is 0 Å². The molecule has 0 amide bonds. The molecular formula is C26H40O2. The minimum atomic E-state index is -0.00752. The Morgan fingerprint density at radius 1 is 0.857 bits per heavy atom. The van der Waals surface area contributed by atoms with E-state index in [4.69, 9.17) is 4.74 Å². The van der Waals surface area contributed by atoms with Crippen LogP contribution in [0.15, 0.2) is 24.3 Å². The molecule has 2 heteroatoms. The van der Waals surface area contributed by atoms with Crippen molar-refractivity contribution in [2.45, 2.75) is 97.3 Å². The average molecular weight is 385 g/mol. The van der Waals surface area contributed by atoms with E-state index in [-0.39, 0.29) is 11.9 Å². The number of carbonyl (C=O) groups excluding carboxylic acids is 1. The number of aryl methyl sites for hydroxylation is 1. The molecule has 2 fully saturated rings. The van der Waals surface area contributed by atoms with Crippen LogP contribution >= 0.6 is 0 Å². The van der Waals surface area contributed by atoms with E-state index in [2.05, 4.69) is 26.0 Å². The standard InChI is InChI=1S/C26H40O2/c1-3-5-6-7-21-10-18-25(19-11-21)28-26(27)24-16-14-23(15-17-24)22-12-8-20(4-2)9-13-22/h10-11,18-20,22-24H,3-9,12-17H2,1-2H3. The molecule has 0 aliphatic heterocycles. The minimum absolute atomic E-state index is 0.00752. The van der Waals surface area contributed by atoms with Gasteiger partial charge in [-0.1, -0.05) is 58.1 Å². The van der Waals surface area contributed by atoms with Crippen LogP contribution in [0.4, 0.5) is 0 Å². The number of esters is 1. The van der Waals surface area contributed by atoms with Crippen LogP contribution in [-0.4, -0.2) is 5.97 Å². The van der Waals surface area contributed by atoms with Crippen LogP contribution in [0.5, 0.6) is 5.75 Å². The van der Waals surface area contributed by atoms with Crippen LogP contribution in [0.25, 0.3) is 0 Å². The van der Waals surface area contributed by atoms with Crippen LogP contribution in [0.3, 0.4) is 0 Å². The fourth-order valence-corrected chi connectivity index (χ4v) is 5.40. The molecule has 156 valence electrons. The number of hydrogen-bond donors (Lipinski definition) is 0. The third-order valence-electron chi connectivity index (χ3n) is 7.45. The van der Waals surface area contributed by atoms with Gasteiger partial charge < -0.3 is 4.74 Å². The number of ether oxygens (including phenoxy) is 1. The third-order valence-corrected chi connectivity index (χ3v) is 7.45. The van der Waals surface area contributed by atoms with Crippen LogP contribution in [-0.2, 0) is 11.2 Å². The van der Waals surface area contributed by atoms with Crippen molar-refractivity contribution in [3.05, 3.63) is 29.8 Å². The molecule has 1 aromatic rings. The summed E-state index contributed by atoms with van der Waals surface area (Å²) < 4.78 is 5.70. The highest BCUT2D eigenvalue weighted by molar-refractivity contribution is 5.75. The van der Waals surface area contributed by atoms with Crippen LogP contribution in [0.2, 0.25) is 0 Å². The van der Waals surface area contributed by atoms with Gasteiger partial charge >= 0.3 is 5.97 Å². The Labute approximate surface area is 172 Å². The number of hydrogen-bond acceptors (Lipinski definition) is 2. The topological polar surface area (TPSA) is 26.3 Å². The second-order valence-electron chi connectivity index (χ2n) is 9.32. The summed E-state index contributed by atoms with van der Waals surface area (Å²) in [6.07, 6.45) is 16.4. The van der Waals surface area contributed by atoms with E-state index in [0.717, 1.165) is 37.0 Å². The Morgan fingerprint density at radius 3 is 2.04 bits per heavy atom. The first-order valence-electron chi connectivity index (χ1n) is 12.0. The monoisotopic (exact) mass is 384 g/mol. The summed E-state index contributed by atoms with van der Waals surface area (Å²) in [4.78, 5) is 12.6. The molecule has 0 bridgehead atoms. The molecule has 2 saturated carbocycles. The molecule has 0 spiro atoms. The summed E-state index contributed by atoms with van der Waals surface area (Å²) in [6, 6.07) is 8.16. The molecule has 2 nitrogen and oxygen atoms in total. The summed E-state index contributed by atoms with van der Waals surface area (Å²) in [5.74, 6) is 3.55. The van der Waals surface area contributed by atoms with Crippen molar-refractivity contribution in [2.75, 3.05) is 0 Å². The Morgan fingerprint density at radius 2 is 1.46 bits per heavy atom. The Bertz CT molecular complexity index is 575. The van der Waals surface area contributed by atoms with E-state index < -0.39 is 0 Å². The molecule has 2 aliphatic carbocycles. The fourth-order valence-electron chi connectivity index (χ4n) is 5.40.